The number of allylic oxidation sites excluding steroid dienone is 1. The Morgan fingerprint density at radius 2 is 2.00 bits per heavy atom. The van der Waals surface area contributed by atoms with E-state index in [1.54, 1.807) is 5.57 Å². The Hall–Kier alpha value is -0.460. The van der Waals surface area contributed by atoms with Gasteiger partial charge in [0.05, 0.1) is 0 Å². The molecule has 2 fully saturated rings. The third kappa shape index (κ3) is 1.69. The van der Waals surface area contributed by atoms with Gasteiger partial charge in [-0.3, -0.25) is 0 Å². The van der Waals surface area contributed by atoms with E-state index in [0.717, 1.165) is 5.92 Å². The second-order valence-electron chi connectivity index (χ2n) is 5.91. The zero-order chi connectivity index (χ0) is 11.0. The van der Waals surface area contributed by atoms with E-state index >= 15 is 0 Å². The minimum absolute atomic E-state index is 0.322. The van der Waals surface area contributed by atoms with Crippen molar-refractivity contribution >= 4 is 0 Å². The molecular formula is C15H24O. The van der Waals surface area contributed by atoms with Gasteiger partial charge in [0, 0.05) is 6.42 Å². The predicted octanol–water partition coefficient (Wildman–Crippen LogP) is 4.57. The molecule has 1 spiro atoms. The molecule has 1 heteroatoms. The van der Waals surface area contributed by atoms with E-state index in [1.165, 1.54) is 70.0 Å². The van der Waals surface area contributed by atoms with Gasteiger partial charge in [0.15, 0.2) is 5.60 Å². The van der Waals surface area contributed by atoms with Crippen LogP contribution in [0.3, 0.4) is 0 Å². The van der Waals surface area contributed by atoms with Gasteiger partial charge in [-0.1, -0.05) is 39.0 Å². The zero-order valence-electron chi connectivity index (χ0n) is 10.6. The van der Waals surface area contributed by atoms with E-state index in [1.807, 2.05) is 0 Å². The smallest absolute Gasteiger partial charge is 0.166 e. The van der Waals surface area contributed by atoms with Crippen molar-refractivity contribution in [3.8, 4) is 0 Å². The minimum Gasteiger partial charge on any atom is -0.479 e. The highest BCUT2D eigenvalue weighted by molar-refractivity contribution is 5.42. The fourth-order valence-electron chi connectivity index (χ4n) is 3.73. The van der Waals surface area contributed by atoms with Gasteiger partial charge >= 0.3 is 0 Å². The van der Waals surface area contributed by atoms with Crippen molar-refractivity contribution in [2.24, 2.45) is 5.92 Å². The third-order valence-corrected chi connectivity index (χ3v) is 4.73. The topological polar surface area (TPSA) is 12.5 Å². The van der Waals surface area contributed by atoms with Crippen molar-refractivity contribution < 1.29 is 4.74 Å². The highest BCUT2D eigenvalue weighted by Gasteiger charge is 2.64. The first kappa shape index (κ1) is 10.7. The Labute approximate surface area is 99.3 Å². The van der Waals surface area contributed by atoms with E-state index in [2.05, 4.69) is 6.92 Å². The van der Waals surface area contributed by atoms with Crippen LogP contribution >= 0.6 is 0 Å². The molecule has 0 amide bonds. The number of ether oxygens (including phenoxy) is 1. The predicted molar refractivity (Wildman–Crippen MR) is 66.2 cm³/mol. The van der Waals surface area contributed by atoms with Crippen molar-refractivity contribution in [1.82, 2.24) is 0 Å². The van der Waals surface area contributed by atoms with Crippen LogP contribution in [0, 0.1) is 5.92 Å². The van der Waals surface area contributed by atoms with E-state index in [4.69, 9.17) is 4.74 Å². The van der Waals surface area contributed by atoms with Gasteiger partial charge in [0.2, 0.25) is 0 Å². The summed E-state index contributed by atoms with van der Waals surface area (Å²) in [6.07, 6.45) is 13.9. The lowest BCUT2D eigenvalue weighted by Crippen LogP contribution is -1.98. The quantitative estimate of drug-likeness (QED) is 0.452. The lowest BCUT2D eigenvalue weighted by molar-refractivity contribution is 0.302. The van der Waals surface area contributed by atoms with Crippen molar-refractivity contribution in [1.29, 1.82) is 0 Å². The third-order valence-electron chi connectivity index (χ3n) is 4.73. The number of epoxide rings is 1. The van der Waals surface area contributed by atoms with Crippen LogP contribution in [-0.2, 0) is 4.74 Å². The van der Waals surface area contributed by atoms with Gasteiger partial charge in [-0.2, -0.15) is 0 Å². The summed E-state index contributed by atoms with van der Waals surface area (Å²) in [6.45, 7) is 2.28. The van der Waals surface area contributed by atoms with Crippen molar-refractivity contribution in [2.75, 3.05) is 0 Å². The number of unbranched alkanes of at least 4 members (excludes halogenated alkanes) is 5. The molecule has 0 aromatic heterocycles. The van der Waals surface area contributed by atoms with Crippen LogP contribution in [0.15, 0.2) is 11.3 Å². The van der Waals surface area contributed by atoms with Gasteiger partial charge in [-0.15, -0.1) is 0 Å². The highest BCUT2D eigenvalue weighted by atomic mass is 16.6. The number of rotatable bonds is 7. The average molecular weight is 220 g/mol. The largest absolute Gasteiger partial charge is 0.479 e. The van der Waals surface area contributed by atoms with E-state index < -0.39 is 0 Å². The number of hydrogen-bond donors (Lipinski definition) is 0. The molecule has 0 N–H and O–H groups in total. The van der Waals surface area contributed by atoms with Crippen molar-refractivity contribution in [2.45, 2.75) is 76.7 Å². The summed E-state index contributed by atoms with van der Waals surface area (Å²) >= 11 is 0. The van der Waals surface area contributed by atoms with E-state index in [0.29, 0.717) is 5.60 Å². The van der Waals surface area contributed by atoms with Crippen LogP contribution in [0.25, 0.3) is 0 Å². The maximum Gasteiger partial charge on any atom is 0.166 e. The zero-order valence-corrected chi connectivity index (χ0v) is 10.6. The molecule has 1 saturated carbocycles. The van der Waals surface area contributed by atoms with Gasteiger partial charge in [-0.25, -0.2) is 0 Å². The lowest BCUT2D eigenvalue weighted by atomic mass is 9.93. The van der Waals surface area contributed by atoms with Gasteiger partial charge in [0.25, 0.3) is 0 Å². The molecule has 0 radical (unpaired) electrons. The maximum absolute atomic E-state index is 5.82. The van der Waals surface area contributed by atoms with E-state index in [9.17, 15) is 0 Å². The van der Waals surface area contributed by atoms with Crippen LogP contribution in [0.4, 0.5) is 0 Å². The molecule has 1 aliphatic heterocycles. The molecule has 1 saturated heterocycles. The summed E-state index contributed by atoms with van der Waals surface area (Å²) in [5, 5.41) is 0. The molecule has 2 atom stereocenters. The number of fused-ring (bicyclic) bond motifs is 1. The monoisotopic (exact) mass is 220 g/mol. The highest BCUT2D eigenvalue weighted by Crippen LogP contribution is 2.65. The van der Waals surface area contributed by atoms with Gasteiger partial charge < -0.3 is 4.74 Å². The molecular weight excluding hydrogens is 196 g/mol. The van der Waals surface area contributed by atoms with Crippen LogP contribution in [-0.4, -0.2) is 5.60 Å². The van der Waals surface area contributed by atoms with Crippen LogP contribution in [0.2, 0.25) is 0 Å². The molecule has 1 nitrogen and oxygen atoms in total. The Morgan fingerprint density at radius 3 is 2.75 bits per heavy atom. The normalized spacial score (nSPS) is 34.2. The second-order valence-corrected chi connectivity index (χ2v) is 5.91. The molecule has 2 aliphatic carbocycles. The molecule has 1 heterocycles. The van der Waals surface area contributed by atoms with Gasteiger partial charge in [-0.05, 0) is 37.2 Å². The lowest BCUT2D eigenvalue weighted by Gasteiger charge is -2.11. The molecule has 16 heavy (non-hydrogen) atoms. The standard InChI is InChI=1S/C15H24O/c1-2-3-4-5-6-7-8-13-12-9-10-15(11-12)14(13)16-15/h12H,2-11H2,1H3. The molecule has 3 aliphatic rings. The molecule has 0 aromatic carbocycles. The second kappa shape index (κ2) is 4.09. The van der Waals surface area contributed by atoms with E-state index in [-0.39, 0.29) is 0 Å². The summed E-state index contributed by atoms with van der Waals surface area (Å²) in [7, 11) is 0. The van der Waals surface area contributed by atoms with Crippen LogP contribution in [0.5, 0.6) is 0 Å². The van der Waals surface area contributed by atoms with Crippen LogP contribution in [0.1, 0.15) is 71.1 Å². The fraction of sp³-hybridized carbons (Fsp3) is 0.867. The fourth-order valence-corrected chi connectivity index (χ4v) is 3.73. The molecule has 90 valence electrons. The molecule has 3 rings (SSSR count). The number of hydrogen-bond acceptors (Lipinski definition) is 1. The summed E-state index contributed by atoms with van der Waals surface area (Å²) in [5.74, 6) is 2.37. The summed E-state index contributed by atoms with van der Waals surface area (Å²) in [4.78, 5) is 0. The first-order valence-corrected chi connectivity index (χ1v) is 7.28. The van der Waals surface area contributed by atoms with Crippen LogP contribution < -0.4 is 0 Å². The summed E-state index contributed by atoms with van der Waals surface area (Å²) in [5.41, 5.74) is 2.05. The molecule has 2 unspecified atom stereocenters. The minimum atomic E-state index is 0.322. The molecule has 2 bridgehead atoms. The molecule has 0 aromatic rings. The SMILES string of the molecule is CCCCCCCCC1=C2OC23CCC1C3. The first-order chi connectivity index (χ1) is 7.86. The van der Waals surface area contributed by atoms with Gasteiger partial charge in [0.1, 0.15) is 5.76 Å². The van der Waals surface area contributed by atoms with Crippen molar-refractivity contribution in [3.05, 3.63) is 11.3 Å². The maximum atomic E-state index is 5.82. The Morgan fingerprint density at radius 1 is 1.19 bits per heavy atom. The first-order valence-electron chi connectivity index (χ1n) is 7.28. The average Bonchev–Trinajstić information content (AvgIpc) is 2.73. The Balaban J connectivity index is 1.38. The van der Waals surface area contributed by atoms with Crippen molar-refractivity contribution in [3.63, 3.8) is 0 Å². The summed E-state index contributed by atoms with van der Waals surface area (Å²) < 4.78 is 5.82. The Kier molecular flexibility index (Phi) is 2.73. The summed E-state index contributed by atoms with van der Waals surface area (Å²) in [6, 6.07) is 0. The Bertz CT molecular complexity index is 305.